The number of thiophene rings is 1. The van der Waals surface area contributed by atoms with Crippen molar-refractivity contribution in [2.24, 2.45) is 0 Å². The zero-order chi connectivity index (χ0) is 16.6. The minimum Gasteiger partial charge on any atom is -0.298 e. The number of benzene rings is 1. The molecule has 116 valence electrons. The molecule has 2 aromatic rings. The summed E-state index contributed by atoms with van der Waals surface area (Å²) in [5, 5.41) is 5.00. The molecule has 0 aliphatic carbocycles. The van der Waals surface area contributed by atoms with Crippen molar-refractivity contribution in [3.63, 3.8) is 0 Å². The van der Waals surface area contributed by atoms with Crippen molar-refractivity contribution in [2.45, 2.75) is 0 Å². The van der Waals surface area contributed by atoms with Gasteiger partial charge in [-0.2, -0.15) is 0 Å². The maximum Gasteiger partial charge on any atom is 0.270 e. The molecule has 3 rings (SSSR count). The zero-order valence-electron chi connectivity index (χ0n) is 11.4. The van der Waals surface area contributed by atoms with Crippen molar-refractivity contribution in [1.82, 2.24) is 5.32 Å². The molecule has 0 unspecified atom stereocenters. The van der Waals surface area contributed by atoms with Crippen LogP contribution < -0.4 is 10.2 Å². The second-order valence-electron chi connectivity index (χ2n) is 4.57. The van der Waals surface area contributed by atoms with Gasteiger partial charge in [-0.05, 0) is 69.9 Å². The van der Waals surface area contributed by atoms with E-state index >= 15 is 0 Å². The van der Waals surface area contributed by atoms with Gasteiger partial charge in [-0.1, -0.05) is 11.6 Å². The molecule has 1 aliphatic rings. The van der Waals surface area contributed by atoms with Crippen LogP contribution in [0.25, 0.3) is 6.08 Å². The number of nitrogens with one attached hydrogen (secondary N) is 1. The van der Waals surface area contributed by atoms with E-state index in [9.17, 15) is 9.59 Å². The Morgan fingerprint density at radius 2 is 1.91 bits per heavy atom. The highest BCUT2D eigenvalue weighted by atomic mass is 79.9. The Morgan fingerprint density at radius 1 is 1.22 bits per heavy atom. The van der Waals surface area contributed by atoms with Crippen LogP contribution in [0.15, 0.2) is 45.8 Å². The van der Waals surface area contributed by atoms with E-state index in [1.807, 2.05) is 11.4 Å². The highest BCUT2D eigenvalue weighted by Crippen LogP contribution is 2.28. The summed E-state index contributed by atoms with van der Waals surface area (Å²) in [6.45, 7) is 0. The summed E-state index contributed by atoms with van der Waals surface area (Å²) in [7, 11) is 0. The van der Waals surface area contributed by atoms with Gasteiger partial charge in [-0.3, -0.25) is 19.8 Å². The molecule has 0 atom stereocenters. The predicted octanol–water partition coefficient (Wildman–Crippen LogP) is 4.00. The molecule has 0 spiro atoms. The summed E-state index contributed by atoms with van der Waals surface area (Å²) in [5.41, 5.74) is 0.567. The number of halogens is 2. The second kappa shape index (κ2) is 6.52. The van der Waals surface area contributed by atoms with Gasteiger partial charge in [0.25, 0.3) is 11.8 Å². The first kappa shape index (κ1) is 16.3. The minimum atomic E-state index is -0.509. The van der Waals surface area contributed by atoms with Crippen molar-refractivity contribution in [3.05, 3.63) is 55.7 Å². The lowest BCUT2D eigenvalue weighted by atomic mass is 10.1. The maximum absolute atomic E-state index is 12.7. The number of amides is 2. The van der Waals surface area contributed by atoms with Crippen LogP contribution in [0, 0.1) is 0 Å². The van der Waals surface area contributed by atoms with E-state index in [1.54, 1.807) is 30.3 Å². The molecule has 1 N–H and O–H groups in total. The van der Waals surface area contributed by atoms with E-state index in [1.165, 1.54) is 16.2 Å². The van der Waals surface area contributed by atoms with Gasteiger partial charge in [0.1, 0.15) is 5.57 Å². The number of hydrogen-bond donors (Lipinski definition) is 1. The number of carbonyl (C=O) groups excluding carboxylic acids is 2. The first-order valence-corrected chi connectivity index (χ1v) is 8.83. The topological polar surface area (TPSA) is 49.4 Å². The third-order valence-electron chi connectivity index (χ3n) is 3.11. The fraction of sp³-hybridized carbons (Fsp3) is 0. The molecule has 1 saturated heterocycles. The number of hydrogen-bond acceptors (Lipinski definition) is 4. The minimum absolute atomic E-state index is 0.0247. The van der Waals surface area contributed by atoms with Crippen LogP contribution in [0.3, 0.4) is 0 Å². The lowest BCUT2D eigenvalue weighted by Crippen LogP contribution is -2.54. The first-order chi connectivity index (χ1) is 11.0. The van der Waals surface area contributed by atoms with Gasteiger partial charge in [-0.25, -0.2) is 0 Å². The number of nitrogens with zero attached hydrogens (tertiary/aromatic N) is 1. The van der Waals surface area contributed by atoms with Crippen molar-refractivity contribution >= 4 is 79.8 Å². The van der Waals surface area contributed by atoms with Gasteiger partial charge in [0.2, 0.25) is 0 Å². The van der Waals surface area contributed by atoms with Gasteiger partial charge < -0.3 is 0 Å². The Labute approximate surface area is 154 Å². The molecule has 23 heavy (non-hydrogen) atoms. The van der Waals surface area contributed by atoms with Crippen LogP contribution in [0.4, 0.5) is 5.69 Å². The Kier molecular flexibility index (Phi) is 4.63. The monoisotopic (exact) mass is 426 g/mol. The van der Waals surface area contributed by atoms with Crippen molar-refractivity contribution in [3.8, 4) is 0 Å². The quantitative estimate of drug-likeness (QED) is 0.448. The molecule has 1 aromatic carbocycles. The average Bonchev–Trinajstić information content (AvgIpc) is 2.90. The SMILES string of the molecule is O=C1NC(=S)N(c2ccc(Cl)cc2)C(=O)/C1=C/c1sccc1Br. The van der Waals surface area contributed by atoms with Crippen molar-refractivity contribution < 1.29 is 9.59 Å². The Morgan fingerprint density at radius 3 is 2.52 bits per heavy atom. The number of anilines is 1. The summed E-state index contributed by atoms with van der Waals surface area (Å²) >= 11 is 15.8. The highest BCUT2D eigenvalue weighted by Gasteiger charge is 2.34. The van der Waals surface area contributed by atoms with Gasteiger partial charge in [-0.15, -0.1) is 11.3 Å². The van der Waals surface area contributed by atoms with E-state index in [2.05, 4.69) is 21.2 Å². The van der Waals surface area contributed by atoms with E-state index in [0.717, 1.165) is 9.35 Å². The Bertz CT molecular complexity index is 845. The zero-order valence-corrected chi connectivity index (χ0v) is 15.4. The van der Waals surface area contributed by atoms with Gasteiger partial charge in [0.15, 0.2) is 5.11 Å². The molecular formula is C15H8BrClN2O2S2. The first-order valence-electron chi connectivity index (χ1n) is 6.37. The van der Waals surface area contributed by atoms with E-state index in [-0.39, 0.29) is 10.7 Å². The van der Waals surface area contributed by atoms with Crippen molar-refractivity contribution in [2.75, 3.05) is 4.90 Å². The third kappa shape index (κ3) is 3.23. The number of rotatable bonds is 2. The van der Waals surface area contributed by atoms with Gasteiger partial charge >= 0.3 is 0 Å². The lowest BCUT2D eigenvalue weighted by Gasteiger charge is -2.28. The van der Waals surface area contributed by atoms with Gasteiger partial charge in [0.05, 0.1) is 5.69 Å². The summed E-state index contributed by atoms with van der Waals surface area (Å²) in [4.78, 5) is 26.9. The number of thiocarbonyl (C=S) groups is 1. The lowest BCUT2D eigenvalue weighted by molar-refractivity contribution is -0.122. The molecule has 8 heteroatoms. The highest BCUT2D eigenvalue weighted by molar-refractivity contribution is 9.10. The summed E-state index contributed by atoms with van der Waals surface area (Å²) in [6.07, 6.45) is 1.55. The normalized spacial score (nSPS) is 16.9. The second-order valence-corrected chi connectivity index (χ2v) is 7.19. The summed E-state index contributed by atoms with van der Waals surface area (Å²) in [6, 6.07) is 8.50. The molecule has 1 aromatic heterocycles. The van der Waals surface area contributed by atoms with E-state index in [4.69, 9.17) is 23.8 Å². The Balaban J connectivity index is 2.02. The smallest absolute Gasteiger partial charge is 0.270 e. The van der Waals surface area contributed by atoms with E-state index < -0.39 is 11.8 Å². The van der Waals surface area contributed by atoms with Gasteiger partial charge in [0, 0.05) is 14.4 Å². The van der Waals surface area contributed by atoms with Crippen LogP contribution in [0.5, 0.6) is 0 Å². The molecule has 2 amide bonds. The molecule has 0 radical (unpaired) electrons. The van der Waals surface area contributed by atoms with Crippen LogP contribution in [-0.4, -0.2) is 16.9 Å². The molecular weight excluding hydrogens is 420 g/mol. The molecule has 4 nitrogen and oxygen atoms in total. The largest absolute Gasteiger partial charge is 0.298 e. The van der Waals surface area contributed by atoms with Crippen LogP contribution >= 0.6 is 51.1 Å². The predicted molar refractivity (Wildman–Crippen MR) is 99.7 cm³/mol. The molecule has 0 bridgehead atoms. The maximum atomic E-state index is 12.7. The summed E-state index contributed by atoms with van der Waals surface area (Å²) < 4.78 is 0.821. The van der Waals surface area contributed by atoms with E-state index in [0.29, 0.717) is 10.7 Å². The summed E-state index contributed by atoms with van der Waals surface area (Å²) in [5.74, 6) is -0.980. The van der Waals surface area contributed by atoms with Crippen molar-refractivity contribution in [1.29, 1.82) is 0 Å². The average molecular weight is 428 g/mol. The molecule has 1 fully saturated rings. The number of carbonyl (C=O) groups is 2. The van der Waals surface area contributed by atoms with Crippen LogP contribution in [-0.2, 0) is 9.59 Å². The van der Waals surface area contributed by atoms with Crippen LogP contribution in [0.2, 0.25) is 5.02 Å². The van der Waals surface area contributed by atoms with Crippen LogP contribution in [0.1, 0.15) is 4.88 Å². The molecule has 2 heterocycles. The fourth-order valence-electron chi connectivity index (χ4n) is 2.02. The fourth-order valence-corrected chi connectivity index (χ4v) is 3.85. The third-order valence-corrected chi connectivity index (χ3v) is 5.46. The molecule has 0 saturated carbocycles. The molecule has 1 aliphatic heterocycles. The Hall–Kier alpha value is -1.54. The standard InChI is InChI=1S/C15H8BrClN2O2S2/c16-11-5-6-23-12(11)7-10-13(20)18-15(22)19(14(10)21)9-3-1-8(17)2-4-9/h1-7H,(H,18,20,22)/b10-7+.